The van der Waals surface area contributed by atoms with E-state index in [1.165, 1.54) is 25.7 Å². The number of aromatic nitrogens is 4. The molecule has 6 heteroatoms. The Bertz CT molecular complexity index is 584. The molecule has 20 heavy (non-hydrogen) atoms. The van der Waals surface area contributed by atoms with Crippen molar-refractivity contribution in [3.8, 4) is 0 Å². The minimum absolute atomic E-state index is 0.582. The Morgan fingerprint density at radius 2 is 2.25 bits per heavy atom. The van der Waals surface area contributed by atoms with E-state index >= 15 is 0 Å². The standard InChI is InChI=1S/C14H20N6/c1-2-12(15-5-1)9-20(8-11-3-4-11)13-14-18-17-10-19(14)7-6-16-13/h6-7,10-12,15H,1-5,8-9H2. The van der Waals surface area contributed by atoms with E-state index in [0.29, 0.717) is 6.04 Å². The normalized spacial score (nSPS) is 22.5. The summed E-state index contributed by atoms with van der Waals surface area (Å²) in [6.07, 6.45) is 10.7. The van der Waals surface area contributed by atoms with Crippen molar-refractivity contribution in [2.75, 3.05) is 24.5 Å². The van der Waals surface area contributed by atoms with Gasteiger partial charge in [-0.2, -0.15) is 0 Å². The Kier molecular flexibility index (Phi) is 3.03. The molecule has 1 saturated carbocycles. The van der Waals surface area contributed by atoms with Gasteiger partial charge >= 0.3 is 0 Å². The molecule has 1 unspecified atom stereocenters. The molecule has 2 fully saturated rings. The van der Waals surface area contributed by atoms with Crippen LogP contribution in [0.3, 0.4) is 0 Å². The van der Waals surface area contributed by atoms with Crippen LogP contribution in [0.2, 0.25) is 0 Å². The van der Waals surface area contributed by atoms with E-state index in [1.54, 1.807) is 6.33 Å². The first kappa shape index (κ1) is 12.1. The lowest BCUT2D eigenvalue weighted by molar-refractivity contribution is 0.567. The van der Waals surface area contributed by atoms with E-state index in [1.807, 2.05) is 16.8 Å². The van der Waals surface area contributed by atoms with Crippen LogP contribution in [-0.2, 0) is 0 Å². The minimum atomic E-state index is 0.582. The average molecular weight is 272 g/mol. The van der Waals surface area contributed by atoms with Crippen LogP contribution in [0.5, 0.6) is 0 Å². The topological polar surface area (TPSA) is 58.4 Å². The maximum atomic E-state index is 4.58. The van der Waals surface area contributed by atoms with Gasteiger partial charge in [-0.05, 0) is 38.1 Å². The molecular weight excluding hydrogens is 252 g/mol. The summed E-state index contributed by atoms with van der Waals surface area (Å²) in [6.45, 7) is 3.26. The Morgan fingerprint density at radius 1 is 1.30 bits per heavy atom. The predicted molar refractivity (Wildman–Crippen MR) is 76.7 cm³/mol. The van der Waals surface area contributed by atoms with Gasteiger partial charge in [0, 0.05) is 31.5 Å². The van der Waals surface area contributed by atoms with Crippen molar-refractivity contribution in [1.29, 1.82) is 0 Å². The first-order valence-electron chi connectivity index (χ1n) is 7.53. The van der Waals surface area contributed by atoms with Gasteiger partial charge in [-0.1, -0.05) is 0 Å². The van der Waals surface area contributed by atoms with Crippen molar-refractivity contribution >= 4 is 11.5 Å². The van der Waals surface area contributed by atoms with Gasteiger partial charge in [-0.15, -0.1) is 10.2 Å². The molecule has 6 nitrogen and oxygen atoms in total. The average Bonchev–Trinajstić information content (AvgIpc) is 2.93. The molecule has 1 saturated heterocycles. The molecule has 0 amide bonds. The third-order valence-corrected chi connectivity index (χ3v) is 4.28. The molecule has 4 rings (SSSR count). The quantitative estimate of drug-likeness (QED) is 0.883. The van der Waals surface area contributed by atoms with E-state index in [0.717, 1.165) is 37.0 Å². The minimum Gasteiger partial charge on any atom is -0.352 e. The Morgan fingerprint density at radius 3 is 3.05 bits per heavy atom. The van der Waals surface area contributed by atoms with E-state index in [4.69, 9.17) is 0 Å². The number of fused-ring (bicyclic) bond motifs is 1. The second-order valence-electron chi connectivity index (χ2n) is 5.95. The fourth-order valence-electron chi connectivity index (χ4n) is 3.01. The molecule has 0 spiro atoms. The monoisotopic (exact) mass is 272 g/mol. The SMILES string of the molecule is c1cn2cnnc2c(N(CC2CC2)CC2CCCN2)n1. The highest BCUT2D eigenvalue weighted by molar-refractivity contribution is 5.63. The smallest absolute Gasteiger partial charge is 0.203 e. The summed E-state index contributed by atoms with van der Waals surface area (Å²) in [4.78, 5) is 6.98. The number of nitrogens with zero attached hydrogens (tertiary/aromatic N) is 5. The fourth-order valence-corrected chi connectivity index (χ4v) is 3.01. The second kappa shape index (κ2) is 5.01. The molecular formula is C14H20N6. The summed E-state index contributed by atoms with van der Waals surface area (Å²) >= 11 is 0. The Labute approximate surface area is 118 Å². The highest BCUT2D eigenvalue weighted by Crippen LogP contribution is 2.32. The molecule has 1 aliphatic heterocycles. The molecule has 106 valence electrons. The van der Waals surface area contributed by atoms with Crippen LogP contribution < -0.4 is 10.2 Å². The molecule has 0 radical (unpaired) electrons. The molecule has 2 aromatic heterocycles. The predicted octanol–water partition coefficient (Wildman–Crippen LogP) is 1.09. The Hall–Kier alpha value is -1.69. The van der Waals surface area contributed by atoms with E-state index < -0.39 is 0 Å². The van der Waals surface area contributed by atoms with E-state index in [-0.39, 0.29) is 0 Å². The highest BCUT2D eigenvalue weighted by atomic mass is 15.3. The van der Waals surface area contributed by atoms with Crippen LogP contribution in [0.1, 0.15) is 25.7 Å². The van der Waals surface area contributed by atoms with Crippen molar-refractivity contribution in [2.45, 2.75) is 31.7 Å². The summed E-state index contributed by atoms with van der Waals surface area (Å²) < 4.78 is 1.95. The molecule has 0 bridgehead atoms. The van der Waals surface area contributed by atoms with Gasteiger partial charge in [0.15, 0.2) is 5.82 Å². The molecule has 1 N–H and O–H groups in total. The number of hydrogen-bond acceptors (Lipinski definition) is 5. The van der Waals surface area contributed by atoms with Crippen molar-refractivity contribution in [1.82, 2.24) is 24.9 Å². The van der Waals surface area contributed by atoms with Gasteiger partial charge in [0.05, 0.1) is 0 Å². The van der Waals surface area contributed by atoms with Crippen LogP contribution in [0.25, 0.3) is 5.65 Å². The largest absolute Gasteiger partial charge is 0.352 e. The molecule has 2 aliphatic rings. The fraction of sp³-hybridized carbons (Fsp3) is 0.643. The van der Waals surface area contributed by atoms with Gasteiger partial charge < -0.3 is 10.2 Å². The number of rotatable bonds is 5. The molecule has 1 atom stereocenters. The van der Waals surface area contributed by atoms with Crippen LogP contribution in [0.15, 0.2) is 18.7 Å². The lowest BCUT2D eigenvalue weighted by Gasteiger charge is -2.26. The van der Waals surface area contributed by atoms with Gasteiger partial charge in [0.2, 0.25) is 5.65 Å². The molecule has 3 heterocycles. The van der Waals surface area contributed by atoms with E-state index in [9.17, 15) is 0 Å². The number of anilines is 1. The van der Waals surface area contributed by atoms with Crippen LogP contribution >= 0.6 is 0 Å². The van der Waals surface area contributed by atoms with Crippen LogP contribution in [-0.4, -0.2) is 45.3 Å². The van der Waals surface area contributed by atoms with Crippen LogP contribution in [0, 0.1) is 5.92 Å². The van der Waals surface area contributed by atoms with Gasteiger partial charge in [-0.3, -0.25) is 4.40 Å². The summed E-state index contributed by atoms with van der Waals surface area (Å²) in [5, 5.41) is 11.8. The zero-order valence-corrected chi connectivity index (χ0v) is 11.6. The van der Waals surface area contributed by atoms with Crippen LogP contribution in [0.4, 0.5) is 5.82 Å². The van der Waals surface area contributed by atoms with Crippen molar-refractivity contribution in [3.63, 3.8) is 0 Å². The second-order valence-corrected chi connectivity index (χ2v) is 5.95. The summed E-state index contributed by atoms with van der Waals surface area (Å²) in [7, 11) is 0. The van der Waals surface area contributed by atoms with Gasteiger partial charge in [-0.25, -0.2) is 4.98 Å². The Balaban J connectivity index is 1.63. The zero-order chi connectivity index (χ0) is 13.4. The molecule has 0 aromatic carbocycles. The maximum Gasteiger partial charge on any atom is 0.203 e. The first-order valence-corrected chi connectivity index (χ1v) is 7.53. The third-order valence-electron chi connectivity index (χ3n) is 4.28. The van der Waals surface area contributed by atoms with Gasteiger partial charge in [0.25, 0.3) is 0 Å². The maximum absolute atomic E-state index is 4.58. The van der Waals surface area contributed by atoms with E-state index in [2.05, 4.69) is 25.4 Å². The lowest BCUT2D eigenvalue weighted by Crippen LogP contribution is -2.39. The molecule has 2 aromatic rings. The lowest BCUT2D eigenvalue weighted by atomic mass is 10.2. The number of nitrogens with one attached hydrogen (secondary N) is 1. The van der Waals surface area contributed by atoms with Crippen molar-refractivity contribution in [3.05, 3.63) is 18.7 Å². The number of hydrogen-bond donors (Lipinski definition) is 1. The molecule has 1 aliphatic carbocycles. The van der Waals surface area contributed by atoms with Crippen molar-refractivity contribution < 1.29 is 0 Å². The first-order chi connectivity index (χ1) is 9.90. The zero-order valence-electron chi connectivity index (χ0n) is 11.6. The third kappa shape index (κ3) is 2.35. The summed E-state index contributed by atoms with van der Waals surface area (Å²) in [5.74, 6) is 1.81. The van der Waals surface area contributed by atoms with Gasteiger partial charge in [0.1, 0.15) is 6.33 Å². The summed E-state index contributed by atoms with van der Waals surface area (Å²) in [6, 6.07) is 0.582. The summed E-state index contributed by atoms with van der Waals surface area (Å²) in [5.41, 5.74) is 0.867. The van der Waals surface area contributed by atoms with Crippen molar-refractivity contribution in [2.24, 2.45) is 5.92 Å². The highest BCUT2D eigenvalue weighted by Gasteiger charge is 2.28.